The molecule has 148 valence electrons. The zero-order valence-electron chi connectivity index (χ0n) is 15.4. The van der Waals surface area contributed by atoms with Gasteiger partial charge in [-0.15, -0.1) is 11.7 Å². The third kappa shape index (κ3) is 3.45. The number of phenols is 1. The molecule has 7 nitrogen and oxygen atoms in total. The summed E-state index contributed by atoms with van der Waals surface area (Å²) < 4.78 is 5.23. The summed E-state index contributed by atoms with van der Waals surface area (Å²) in [4.78, 5) is 17.7. The molecule has 2 aromatic rings. The second-order valence-electron chi connectivity index (χ2n) is 6.23. The number of nitrogens with one attached hydrogen (secondary N) is 1. The van der Waals surface area contributed by atoms with Gasteiger partial charge >= 0.3 is 0 Å². The van der Waals surface area contributed by atoms with Crippen LogP contribution in [0.2, 0.25) is 5.02 Å². The molecule has 2 aliphatic heterocycles. The summed E-state index contributed by atoms with van der Waals surface area (Å²) in [6, 6.07) is 10.6. The standard InChI is InChI=1S/C20H17ClN4O3S/c1-3-8-29-20-23-19(27)16-12-6-4-5-7-14(12)22-18(25(16)24-20)11-9-13(21)17(26)15(10-11)28-2/h3-7,9-10,18,26H,1,8H2,2H3,(H,23,24,27). The molecular formula is C20H17ClN4O3S. The van der Waals surface area contributed by atoms with Crippen LogP contribution in [0.15, 0.2) is 59.1 Å². The highest BCUT2D eigenvalue weighted by atomic mass is 35.5. The van der Waals surface area contributed by atoms with Crippen LogP contribution in [-0.2, 0) is 4.79 Å². The van der Waals surface area contributed by atoms with E-state index in [2.05, 4.69) is 17.0 Å². The highest BCUT2D eigenvalue weighted by Crippen LogP contribution is 2.39. The van der Waals surface area contributed by atoms with Crippen LogP contribution >= 0.6 is 23.4 Å². The molecule has 0 spiro atoms. The van der Waals surface area contributed by atoms with E-state index in [9.17, 15) is 9.90 Å². The molecule has 0 saturated carbocycles. The van der Waals surface area contributed by atoms with E-state index in [-0.39, 0.29) is 22.4 Å². The first-order valence-corrected chi connectivity index (χ1v) is 10.1. The van der Waals surface area contributed by atoms with Crippen molar-refractivity contribution in [3.63, 3.8) is 0 Å². The average Bonchev–Trinajstić information content (AvgIpc) is 2.73. The Bertz CT molecular complexity index is 1160. The molecule has 0 fully saturated rings. The van der Waals surface area contributed by atoms with Crippen molar-refractivity contribution >= 4 is 40.1 Å². The van der Waals surface area contributed by atoms with E-state index in [1.165, 1.54) is 18.9 Å². The molecule has 1 amide bonds. The van der Waals surface area contributed by atoms with E-state index < -0.39 is 6.17 Å². The molecule has 29 heavy (non-hydrogen) atoms. The summed E-state index contributed by atoms with van der Waals surface area (Å²) in [5, 5.41) is 21.0. The van der Waals surface area contributed by atoms with Gasteiger partial charge in [-0.05, 0) is 18.2 Å². The number of rotatable bonds is 4. The fourth-order valence-electron chi connectivity index (χ4n) is 3.15. The van der Waals surface area contributed by atoms with E-state index in [1.807, 2.05) is 24.3 Å². The van der Waals surface area contributed by atoms with Crippen LogP contribution in [0.25, 0.3) is 5.70 Å². The van der Waals surface area contributed by atoms with Crippen LogP contribution < -0.4 is 20.6 Å². The lowest BCUT2D eigenvalue weighted by Crippen LogP contribution is -2.50. The number of hydrogen-bond donors (Lipinski definition) is 2. The van der Waals surface area contributed by atoms with Gasteiger partial charge in [0.25, 0.3) is 5.91 Å². The van der Waals surface area contributed by atoms with E-state index in [0.717, 1.165) is 0 Å². The minimum Gasteiger partial charge on any atom is -0.503 e. The predicted octanol–water partition coefficient (Wildman–Crippen LogP) is 2.12. The molecule has 2 heterocycles. The van der Waals surface area contributed by atoms with Gasteiger partial charge in [0.05, 0.1) is 17.5 Å². The number of amides is 1. The third-order valence-corrected chi connectivity index (χ3v) is 5.57. The number of hydrogen-bond acceptors (Lipinski definition) is 7. The molecule has 1 unspecified atom stereocenters. The smallest absolute Gasteiger partial charge is 0.276 e. The second-order valence-corrected chi connectivity index (χ2v) is 7.64. The number of amidine groups is 1. The number of halogens is 1. The number of aromatic hydroxyl groups is 1. The molecule has 0 bridgehead atoms. The lowest BCUT2D eigenvalue weighted by Gasteiger charge is -2.34. The molecule has 0 saturated heterocycles. The largest absolute Gasteiger partial charge is 0.503 e. The summed E-state index contributed by atoms with van der Waals surface area (Å²) in [5.74, 6) is 0.394. The van der Waals surface area contributed by atoms with Crippen molar-refractivity contribution in [2.45, 2.75) is 6.17 Å². The topological polar surface area (TPSA) is 86.5 Å². The molecule has 2 aromatic carbocycles. The van der Waals surface area contributed by atoms with Crippen LogP contribution in [0.4, 0.5) is 0 Å². The third-order valence-electron chi connectivity index (χ3n) is 4.42. The fourth-order valence-corrected chi connectivity index (χ4v) is 3.95. The average molecular weight is 429 g/mol. The summed E-state index contributed by atoms with van der Waals surface area (Å²) in [7, 11) is 1.44. The maximum Gasteiger partial charge on any atom is 0.276 e. The Kier molecular flexibility index (Phi) is 5.21. The van der Waals surface area contributed by atoms with Crippen LogP contribution in [0, 0.1) is 0 Å². The minimum absolute atomic E-state index is 0.127. The minimum atomic E-state index is -0.655. The number of carbonyl (C=O) groups excluding carboxylic acids is 1. The number of fused-ring (bicyclic) bond motifs is 2. The van der Waals surface area contributed by atoms with Gasteiger partial charge in [-0.3, -0.25) is 15.1 Å². The highest BCUT2D eigenvalue weighted by Gasteiger charge is 2.35. The maximum absolute atomic E-state index is 12.9. The molecule has 9 heteroatoms. The van der Waals surface area contributed by atoms with Crippen LogP contribution in [0.3, 0.4) is 0 Å². The van der Waals surface area contributed by atoms with Gasteiger partial charge in [0, 0.05) is 16.5 Å². The first-order valence-electron chi connectivity index (χ1n) is 8.70. The monoisotopic (exact) mass is 428 g/mol. The van der Waals surface area contributed by atoms with Gasteiger partial charge in [0.15, 0.2) is 22.8 Å². The number of carbonyl (C=O) groups is 1. The summed E-state index contributed by atoms with van der Waals surface area (Å²) in [6.45, 7) is 3.70. The number of phenolic OH excluding ortho intramolecular Hbond substituents is 1. The Morgan fingerprint density at radius 3 is 2.97 bits per heavy atom. The number of nitrogens with zero attached hydrogens (tertiary/aromatic N) is 3. The van der Waals surface area contributed by atoms with E-state index in [4.69, 9.17) is 21.3 Å². The van der Waals surface area contributed by atoms with Crippen molar-refractivity contribution in [1.82, 2.24) is 10.3 Å². The van der Waals surface area contributed by atoms with E-state index in [0.29, 0.717) is 32.8 Å². The van der Waals surface area contributed by atoms with Crippen molar-refractivity contribution in [2.24, 2.45) is 10.1 Å². The molecular weight excluding hydrogens is 412 g/mol. The van der Waals surface area contributed by atoms with Gasteiger partial charge in [-0.2, -0.15) is 0 Å². The Labute approximate surface area is 176 Å². The number of methoxy groups -OCH3 is 1. The van der Waals surface area contributed by atoms with Gasteiger partial charge in [-0.1, -0.05) is 47.6 Å². The number of thioether (sulfide) groups is 1. The molecule has 1 atom stereocenters. The van der Waals surface area contributed by atoms with Crippen molar-refractivity contribution in [3.8, 4) is 11.5 Å². The van der Waals surface area contributed by atoms with Crippen molar-refractivity contribution in [1.29, 1.82) is 0 Å². The lowest BCUT2D eigenvalue weighted by atomic mass is 10.1. The molecule has 0 radical (unpaired) electrons. The Hall–Kier alpha value is -2.97. The predicted molar refractivity (Wildman–Crippen MR) is 113 cm³/mol. The molecule has 0 aliphatic carbocycles. The van der Waals surface area contributed by atoms with Gasteiger partial charge < -0.3 is 9.84 Å². The van der Waals surface area contributed by atoms with Crippen molar-refractivity contribution in [3.05, 3.63) is 70.2 Å². The number of hydrazone groups is 1. The zero-order chi connectivity index (χ0) is 20.5. The molecule has 0 aromatic heterocycles. The highest BCUT2D eigenvalue weighted by molar-refractivity contribution is 8.14. The Morgan fingerprint density at radius 2 is 2.21 bits per heavy atom. The maximum atomic E-state index is 12.9. The number of para-hydroxylation sites is 1. The van der Waals surface area contributed by atoms with Crippen molar-refractivity contribution in [2.75, 3.05) is 12.9 Å². The number of ether oxygens (including phenoxy) is 1. The SMILES string of the molecule is C=CCSC1=NN2C(=c3ccccc3=NC2c2cc(Cl)c(O)c(OC)c2)C(=O)N1. The fraction of sp³-hybridized carbons (Fsp3) is 0.150. The van der Waals surface area contributed by atoms with E-state index >= 15 is 0 Å². The second kappa shape index (κ2) is 7.81. The number of benzene rings is 2. The summed E-state index contributed by atoms with van der Waals surface area (Å²) >= 11 is 7.55. The molecule has 2 N–H and O–H groups in total. The molecule has 2 aliphatic rings. The zero-order valence-corrected chi connectivity index (χ0v) is 17.0. The van der Waals surface area contributed by atoms with Crippen LogP contribution in [0.1, 0.15) is 11.7 Å². The van der Waals surface area contributed by atoms with Crippen LogP contribution in [-0.4, -0.2) is 34.1 Å². The summed E-state index contributed by atoms with van der Waals surface area (Å²) in [5.41, 5.74) is 1.02. The summed E-state index contributed by atoms with van der Waals surface area (Å²) in [6.07, 6.45) is 1.08. The first-order chi connectivity index (χ1) is 14.0. The van der Waals surface area contributed by atoms with Crippen molar-refractivity contribution < 1.29 is 14.6 Å². The quantitative estimate of drug-likeness (QED) is 0.728. The van der Waals surface area contributed by atoms with Gasteiger partial charge in [0.2, 0.25) is 0 Å². The first kappa shape index (κ1) is 19.4. The Balaban J connectivity index is 1.93. The van der Waals surface area contributed by atoms with Crippen LogP contribution in [0.5, 0.6) is 11.5 Å². The van der Waals surface area contributed by atoms with Gasteiger partial charge in [0.1, 0.15) is 5.70 Å². The van der Waals surface area contributed by atoms with E-state index in [1.54, 1.807) is 23.2 Å². The molecule has 4 rings (SSSR count). The normalized spacial score (nSPS) is 17.5. The lowest BCUT2D eigenvalue weighted by molar-refractivity contribution is -0.116. The Morgan fingerprint density at radius 1 is 1.41 bits per heavy atom. The van der Waals surface area contributed by atoms with Gasteiger partial charge in [-0.25, -0.2) is 5.01 Å².